The molecule has 0 saturated carbocycles. The Morgan fingerprint density at radius 2 is 1.37 bits per heavy atom. The van der Waals surface area contributed by atoms with Crippen LogP contribution in [0.1, 0.15) is 35.7 Å². The lowest BCUT2D eigenvalue weighted by Gasteiger charge is -2.17. The van der Waals surface area contributed by atoms with Gasteiger partial charge in [-0.15, -0.1) is 0 Å². The van der Waals surface area contributed by atoms with Crippen LogP contribution in [0.15, 0.2) is 91.0 Å². The molecule has 0 N–H and O–H groups in total. The van der Waals surface area contributed by atoms with Crippen LogP contribution in [0.3, 0.4) is 0 Å². The van der Waals surface area contributed by atoms with Crippen LogP contribution in [-0.2, 0) is 9.53 Å². The average Bonchev–Trinajstić information content (AvgIpc) is 2.91. The molecule has 35 heavy (non-hydrogen) atoms. The van der Waals surface area contributed by atoms with E-state index in [1.165, 1.54) is 6.08 Å². The van der Waals surface area contributed by atoms with Crippen LogP contribution < -0.4 is 0 Å². The number of fused-ring (bicyclic) bond motifs is 4. The molecule has 0 amide bonds. The number of hydrogen-bond donors (Lipinski definition) is 0. The molecule has 5 rings (SSSR count). The topological polar surface area (TPSA) is 43.4 Å². The Bertz CT molecular complexity index is 1590. The molecule has 0 saturated heterocycles. The first-order valence-corrected chi connectivity index (χ1v) is 12.0. The van der Waals surface area contributed by atoms with Crippen LogP contribution in [0.5, 0.6) is 0 Å². The Balaban J connectivity index is 1.82. The first kappa shape index (κ1) is 22.5. The lowest BCUT2D eigenvalue weighted by molar-refractivity contribution is -0.137. The minimum absolute atomic E-state index is 0.364. The third-order valence-electron chi connectivity index (χ3n) is 6.42. The normalized spacial score (nSPS) is 11.5. The van der Waals surface area contributed by atoms with E-state index in [1.807, 2.05) is 48.5 Å². The highest BCUT2D eigenvalue weighted by Gasteiger charge is 2.17. The second-order valence-corrected chi connectivity index (χ2v) is 8.64. The summed E-state index contributed by atoms with van der Waals surface area (Å²) in [6.45, 7) is 2.47. The standard InChI is InChI=1S/C32H26O3/c1-2-3-20-35-29(34)19-18-25-15-13-23-9-5-7-11-28(23)31(25)32-26(21-33)17-16-24-14-12-22-8-4-6-10-27(22)30(24)32/h4-19,21H,2-3,20H2,1H3/b19-18+. The number of hydrogen-bond acceptors (Lipinski definition) is 3. The molecule has 0 fully saturated rings. The number of ether oxygens (including phenoxy) is 1. The number of rotatable bonds is 7. The molecule has 0 aliphatic rings. The van der Waals surface area contributed by atoms with Crippen molar-refractivity contribution in [1.82, 2.24) is 0 Å². The van der Waals surface area contributed by atoms with Crippen molar-refractivity contribution in [2.45, 2.75) is 19.8 Å². The van der Waals surface area contributed by atoms with Crippen LogP contribution in [0.2, 0.25) is 0 Å². The monoisotopic (exact) mass is 458 g/mol. The van der Waals surface area contributed by atoms with Crippen LogP contribution in [0.4, 0.5) is 0 Å². The summed E-state index contributed by atoms with van der Waals surface area (Å²) in [5.41, 5.74) is 3.29. The highest BCUT2D eigenvalue weighted by atomic mass is 16.5. The molecular weight excluding hydrogens is 432 g/mol. The second-order valence-electron chi connectivity index (χ2n) is 8.64. The number of carbonyl (C=O) groups excluding carboxylic acids is 2. The molecule has 172 valence electrons. The zero-order chi connectivity index (χ0) is 24.2. The maximum Gasteiger partial charge on any atom is 0.330 e. The van der Waals surface area contributed by atoms with Gasteiger partial charge in [0.25, 0.3) is 0 Å². The number of carbonyl (C=O) groups is 2. The number of benzene rings is 5. The summed E-state index contributed by atoms with van der Waals surface area (Å²) in [6, 6.07) is 28.5. The first-order chi connectivity index (χ1) is 17.2. The van der Waals surface area contributed by atoms with Gasteiger partial charge in [0.15, 0.2) is 6.29 Å². The molecule has 0 aromatic heterocycles. The average molecular weight is 459 g/mol. The van der Waals surface area contributed by atoms with Crippen LogP contribution >= 0.6 is 0 Å². The van der Waals surface area contributed by atoms with Crippen molar-refractivity contribution in [3.8, 4) is 11.1 Å². The van der Waals surface area contributed by atoms with Gasteiger partial charge in [-0.25, -0.2) is 4.79 Å². The predicted octanol–water partition coefficient (Wildman–Crippen LogP) is 7.98. The lowest BCUT2D eigenvalue weighted by Crippen LogP contribution is -2.02. The van der Waals surface area contributed by atoms with Crippen molar-refractivity contribution < 1.29 is 14.3 Å². The van der Waals surface area contributed by atoms with Gasteiger partial charge in [0.2, 0.25) is 0 Å². The van der Waals surface area contributed by atoms with E-state index >= 15 is 0 Å². The third kappa shape index (κ3) is 4.33. The van der Waals surface area contributed by atoms with Gasteiger partial charge in [-0.3, -0.25) is 4.79 Å². The quantitative estimate of drug-likeness (QED) is 0.0816. The van der Waals surface area contributed by atoms with E-state index in [0.717, 1.165) is 68.1 Å². The maximum atomic E-state index is 12.3. The first-order valence-electron chi connectivity index (χ1n) is 12.0. The zero-order valence-electron chi connectivity index (χ0n) is 19.7. The van der Waals surface area contributed by atoms with Crippen LogP contribution in [0, 0.1) is 0 Å². The minimum Gasteiger partial charge on any atom is -0.463 e. The molecule has 0 aliphatic heterocycles. The molecule has 0 unspecified atom stereocenters. The Hall–Kier alpha value is -4.24. The van der Waals surface area contributed by atoms with E-state index in [4.69, 9.17) is 4.74 Å². The molecule has 0 atom stereocenters. The molecule has 3 nitrogen and oxygen atoms in total. The molecule has 0 radical (unpaired) electrons. The molecular formula is C32H26O3. The van der Waals surface area contributed by atoms with Crippen LogP contribution in [-0.4, -0.2) is 18.9 Å². The smallest absolute Gasteiger partial charge is 0.330 e. The number of esters is 1. The summed E-state index contributed by atoms with van der Waals surface area (Å²) in [6.07, 6.45) is 6.01. The summed E-state index contributed by atoms with van der Waals surface area (Å²) in [5, 5.41) is 6.39. The van der Waals surface area contributed by atoms with E-state index in [-0.39, 0.29) is 5.97 Å². The van der Waals surface area contributed by atoms with Gasteiger partial charge in [-0.05, 0) is 55.9 Å². The van der Waals surface area contributed by atoms with Gasteiger partial charge in [0.05, 0.1) is 6.61 Å². The Morgan fingerprint density at radius 3 is 2.14 bits per heavy atom. The van der Waals surface area contributed by atoms with Gasteiger partial charge < -0.3 is 4.74 Å². The van der Waals surface area contributed by atoms with Crippen LogP contribution in [0.25, 0.3) is 49.5 Å². The minimum atomic E-state index is -0.364. The fraction of sp³-hybridized carbons (Fsp3) is 0.125. The molecule has 0 heterocycles. The largest absolute Gasteiger partial charge is 0.463 e. The fourth-order valence-corrected chi connectivity index (χ4v) is 4.71. The second kappa shape index (κ2) is 9.94. The summed E-state index contributed by atoms with van der Waals surface area (Å²) in [5.74, 6) is -0.364. The van der Waals surface area contributed by atoms with Crippen molar-refractivity contribution >= 4 is 50.6 Å². The molecule has 5 aromatic carbocycles. The highest BCUT2D eigenvalue weighted by Crippen LogP contribution is 2.41. The van der Waals surface area contributed by atoms with Gasteiger partial charge in [0, 0.05) is 17.2 Å². The SMILES string of the molecule is CCCCOC(=O)/C=C/c1ccc2ccccc2c1-c1c(C=O)ccc2ccc3ccccc3c12. The number of aldehydes is 1. The van der Waals surface area contributed by atoms with E-state index < -0.39 is 0 Å². The summed E-state index contributed by atoms with van der Waals surface area (Å²) in [7, 11) is 0. The molecule has 0 aliphatic carbocycles. The summed E-state index contributed by atoms with van der Waals surface area (Å²) in [4.78, 5) is 24.7. The van der Waals surface area contributed by atoms with Gasteiger partial charge in [0.1, 0.15) is 0 Å². The van der Waals surface area contributed by atoms with Gasteiger partial charge >= 0.3 is 5.97 Å². The molecule has 0 bridgehead atoms. The predicted molar refractivity (Wildman–Crippen MR) is 145 cm³/mol. The van der Waals surface area contributed by atoms with Crippen molar-refractivity contribution in [3.05, 3.63) is 102 Å². The Labute approximate surface area is 204 Å². The van der Waals surface area contributed by atoms with Crippen molar-refractivity contribution in [2.75, 3.05) is 6.61 Å². The lowest BCUT2D eigenvalue weighted by atomic mass is 9.85. The maximum absolute atomic E-state index is 12.3. The van der Waals surface area contributed by atoms with Crippen molar-refractivity contribution in [1.29, 1.82) is 0 Å². The van der Waals surface area contributed by atoms with E-state index in [9.17, 15) is 9.59 Å². The Kier molecular flexibility index (Phi) is 6.40. The van der Waals surface area contributed by atoms with Crippen molar-refractivity contribution in [3.63, 3.8) is 0 Å². The summed E-state index contributed by atoms with van der Waals surface area (Å²) >= 11 is 0. The zero-order valence-corrected chi connectivity index (χ0v) is 19.7. The molecule has 3 heteroatoms. The Morgan fingerprint density at radius 1 is 0.743 bits per heavy atom. The van der Waals surface area contributed by atoms with Gasteiger partial charge in [-0.1, -0.05) is 98.3 Å². The highest BCUT2D eigenvalue weighted by molar-refractivity contribution is 6.20. The van der Waals surface area contributed by atoms with Crippen molar-refractivity contribution in [2.24, 2.45) is 0 Å². The van der Waals surface area contributed by atoms with E-state index in [2.05, 4.69) is 43.3 Å². The fourth-order valence-electron chi connectivity index (χ4n) is 4.71. The van der Waals surface area contributed by atoms with E-state index in [1.54, 1.807) is 6.08 Å². The molecule has 0 spiro atoms. The summed E-state index contributed by atoms with van der Waals surface area (Å²) < 4.78 is 5.33. The molecule has 5 aromatic rings. The number of unbranched alkanes of at least 4 members (excludes halogenated alkanes) is 1. The van der Waals surface area contributed by atoms with Gasteiger partial charge in [-0.2, -0.15) is 0 Å². The van der Waals surface area contributed by atoms with E-state index in [0.29, 0.717) is 12.2 Å². The third-order valence-corrected chi connectivity index (χ3v) is 6.42.